The van der Waals surface area contributed by atoms with Crippen molar-refractivity contribution in [1.29, 1.82) is 0 Å². The second-order valence-corrected chi connectivity index (χ2v) is 3.66. The van der Waals surface area contributed by atoms with E-state index < -0.39 is 0 Å². The number of hydrogen-bond donors (Lipinski definition) is 0. The molecular weight excluding hydrogens is 235 g/mol. The predicted octanol–water partition coefficient (Wildman–Crippen LogP) is 4.14. The Morgan fingerprint density at radius 3 is 2.92 bits per heavy atom. The van der Waals surface area contributed by atoms with Crippen molar-refractivity contribution in [3.05, 3.63) is 40.9 Å². The van der Waals surface area contributed by atoms with E-state index in [-0.39, 0.29) is 0 Å². The number of hydrogen-bond acceptors (Lipinski definition) is 0. The Morgan fingerprint density at radius 1 is 1.42 bits per heavy atom. The third-order valence-electron chi connectivity index (χ3n) is 1.43. The molecule has 12 heavy (non-hydrogen) atoms. The van der Waals surface area contributed by atoms with Crippen LogP contribution in [-0.4, -0.2) is 5.33 Å². The lowest BCUT2D eigenvalue weighted by Crippen LogP contribution is -1.71. The second kappa shape index (κ2) is 5.39. The summed E-state index contributed by atoms with van der Waals surface area (Å²) in [6.45, 7) is 0. The fourth-order valence-electron chi connectivity index (χ4n) is 0.893. The second-order valence-electron chi connectivity index (χ2n) is 2.44. The Kier molecular flexibility index (Phi) is 4.41. The van der Waals surface area contributed by atoms with Crippen molar-refractivity contribution in [2.75, 3.05) is 5.33 Å². The van der Waals surface area contributed by atoms with E-state index in [1.165, 1.54) is 0 Å². The zero-order valence-corrected chi connectivity index (χ0v) is 8.98. The molecule has 0 aliphatic heterocycles. The van der Waals surface area contributed by atoms with Gasteiger partial charge in [0, 0.05) is 10.4 Å². The molecule has 1 aromatic rings. The van der Waals surface area contributed by atoms with Crippen molar-refractivity contribution in [3.8, 4) is 0 Å². The lowest BCUT2D eigenvalue weighted by molar-refractivity contribution is 1.27. The van der Waals surface area contributed by atoms with Gasteiger partial charge < -0.3 is 0 Å². The van der Waals surface area contributed by atoms with Gasteiger partial charge in [-0.25, -0.2) is 0 Å². The first-order chi connectivity index (χ1) is 5.83. The Hall–Kier alpha value is -0.270. The molecule has 0 atom stereocenters. The largest absolute Gasteiger partial charge is 0.0925 e. The van der Waals surface area contributed by atoms with Crippen LogP contribution in [0.2, 0.25) is 5.02 Å². The van der Waals surface area contributed by atoms with Crippen LogP contribution in [0.3, 0.4) is 0 Å². The first-order valence-electron chi connectivity index (χ1n) is 3.81. The molecular formula is C10H10BrCl. The summed E-state index contributed by atoms with van der Waals surface area (Å²) in [5.74, 6) is 0. The Morgan fingerprint density at radius 2 is 2.25 bits per heavy atom. The van der Waals surface area contributed by atoms with E-state index in [1.807, 2.05) is 24.3 Å². The zero-order chi connectivity index (χ0) is 8.81. The maximum Gasteiger partial charge on any atom is 0.0411 e. The highest BCUT2D eigenvalue weighted by atomic mass is 79.9. The van der Waals surface area contributed by atoms with Gasteiger partial charge in [-0.15, -0.1) is 0 Å². The predicted molar refractivity (Wildman–Crippen MR) is 58.9 cm³/mol. The molecule has 0 fully saturated rings. The fraction of sp³-hybridized carbons (Fsp3) is 0.200. The van der Waals surface area contributed by atoms with Crippen LogP contribution in [0.25, 0.3) is 6.08 Å². The van der Waals surface area contributed by atoms with Gasteiger partial charge in [0.25, 0.3) is 0 Å². The minimum atomic E-state index is 0.788. The summed E-state index contributed by atoms with van der Waals surface area (Å²) < 4.78 is 0. The van der Waals surface area contributed by atoms with E-state index in [0.717, 1.165) is 22.3 Å². The summed E-state index contributed by atoms with van der Waals surface area (Å²) in [7, 11) is 0. The van der Waals surface area contributed by atoms with Gasteiger partial charge in [0.15, 0.2) is 0 Å². The van der Waals surface area contributed by atoms with E-state index in [0.29, 0.717) is 0 Å². The summed E-state index contributed by atoms with van der Waals surface area (Å²) in [6, 6.07) is 7.82. The maximum absolute atomic E-state index is 5.81. The van der Waals surface area contributed by atoms with Crippen LogP contribution >= 0.6 is 27.5 Å². The Labute approximate surface area is 86.4 Å². The summed E-state index contributed by atoms with van der Waals surface area (Å²) >= 11 is 9.17. The molecule has 0 bridgehead atoms. The molecule has 1 rings (SSSR count). The summed E-state index contributed by atoms with van der Waals surface area (Å²) in [5.41, 5.74) is 1.16. The maximum atomic E-state index is 5.81. The van der Waals surface area contributed by atoms with E-state index in [4.69, 9.17) is 11.6 Å². The first-order valence-corrected chi connectivity index (χ1v) is 5.31. The van der Waals surface area contributed by atoms with Crippen LogP contribution in [0.5, 0.6) is 0 Å². The van der Waals surface area contributed by atoms with Crippen LogP contribution in [0.4, 0.5) is 0 Å². The van der Waals surface area contributed by atoms with E-state index >= 15 is 0 Å². The SMILES string of the molecule is Clc1cccc(C=CCCBr)c1. The smallest absolute Gasteiger partial charge is 0.0411 e. The van der Waals surface area contributed by atoms with Gasteiger partial charge in [-0.1, -0.05) is 51.8 Å². The monoisotopic (exact) mass is 244 g/mol. The number of benzene rings is 1. The molecule has 0 aliphatic carbocycles. The fourth-order valence-corrected chi connectivity index (χ4v) is 1.36. The molecule has 0 amide bonds. The van der Waals surface area contributed by atoms with Crippen LogP contribution in [-0.2, 0) is 0 Å². The third-order valence-corrected chi connectivity index (χ3v) is 2.13. The first kappa shape index (κ1) is 9.82. The standard InChI is InChI=1S/C10H10BrCl/c11-7-2-1-4-9-5-3-6-10(12)8-9/h1,3-6,8H,2,7H2. The molecule has 0 radical (unpaired) electrons. The molecule has 64 valence electrons. The minimum absolute atomic E-state index is 0.788. The number of alkyl halides is 1. The van der Waals surface area contributed by atoms with E-state index in [1.54, 1.807) is 0 Å². The normalized spacial score (nSPS) is 10.8. The Bertz CT molecular complexity index is 268. The molecule has 0 unspecified atom stereocenters. The van der Waals surface area contributed by atoms with Crippen molar-refractivity contribution >= 4 is 33.6 Å². The van der Waals surface area contributed by atoms with Gasteiger partial charge in [0.05, 0.1) is 0 Å². The number of rotatable bonds is 3. The highest BCUT2D eigenvalue weighted by Gasteiger charge is 1.87. The molecule has 0 heterocycles. The van der Waals surface area contributed by atoms with Gasteiger partial charge in [-0.3, -0.25) is 0 Å². The van der Waals surface area contributed by atoms with Crippen molar-refractivity contribution in [1.82, 2.24) is 0 Å². The van der Waals surface area contributed by atoms with Crippen LogP contribution < -0.4 is 0 Å². The van der Waals surface area contributed by atoms with Gasteiger partial charge >= 0.3 is 0 Å². The van der Waals surface area contributed by atoms with Crippen LogP contribution in [0.15, 0.2) is 30.3 Å². The van der Waals surface area contributed by atoms with Crippen molar-refractivity contribution in [3.63, 3.8) is 0 Å². The van der Waals surface area contributed by atoms with Crippen molar-refractivity contribution in [2.45, 2.75) is 6.42 Å². The molecule has 0 saturated carbocycles. The molecule has 0 saturated heterocycles. The van der Waals surface area contributed by atoms with Gasteiger partial charge in [0.2, 0.25) is 0 Å². The summed E-state index contributed by atoms with van der Waals surface area (Å²) in [6.07, 6.45) is 5.25. The average molecular weight is 246 g/mol. The highest BCUT2D eigenvalue weighted by molar-refractivity contribution is 9.09. The van der Waals surface area contributed by atoms with Crippen molar-refractivity contribution < 1.29 is 0 Å². The highest BCUT2D eigenvalue weighted by Crippen LogP contribution is 2.11. The zero-order valence-electron chi connectivity index (χ0n) is 6.63. The van der Waals surface area contributed by atoms with Gasteiger partial charge in [0.1, 0.15) is 0 Å². The van der Waals surface area contributed by atoms with Crippen molar-refractivity contribution in [2.24, 2.45) is 0 Å². The third kappa shape index (κ3) is 3.42. The van der Waals surface area contributed by atoms with E-state index in [2.05, 4.69) is 28.1 Å². The number of allylic oxidation sites excluding steroid dienone is 1. The van der Waals surface area contributed by atoms with Crippen LogP contribution in [0.1, 0.15) is 12.0 Å². The van der Waals surface area contributed by atoms with E-state index in [9.17, 15) is 0 Å². The molecule has 0 aromatic heterocycles. The number of halogens is 2. The minimum Gasteiger partial charge on any atom is -0.0925 e. The van der Waals surface area contributed by atoms with Crippen LogP contribution in [0, 0.1) is 0 Å². The lowest BCUT2D eigenvalue weighted by Gasteiger charge is -1.92. The lowest BCUT2D eigenvalue weighted by atomic mass is 10.2. The quantitative estimate of drug-likeness (QED) is 0.702. The summed E-state index contributed by atoms with van der Waals surface area (Å²) in [5, 5.41) is 1.79. The van der Waals surface area contributed by atoms with Gasteiger partial charge in [-0.2, -0.15) is 0 Å². The molecule has 0 aliphatic rings. The molecule has 1 aromatic carbocycles. The van der Waals surface area contributed by atoms with Gasteiger partial charge in [-0.05, 0) is 24.1 Å². The molecule has 2 heteroatoms. The summed E-state index contributed by atoms with van der Waals surface area (Å²) in [4.78, 5) is 0. The average Bonchev–Trinajstić information content (AvgIpc) is 2.05. The topological polar surface area (TPSA) is 0 Å². The molecule has 0 spiro atoms. The molecule has 0 nitrogen and oxygen atoms in total. The molecule has 0 N–H and O–H groups in total. The Balaban J connectivity index is 2.63.